The third-order valence-corrected chi connectivity index (χ3v) is 10.1. The molecule has 0 spiro atoms. The fourth-order valence-corrected chi connectivity index (χ4v) is 6.13. The lowest BCUT2D eigenvalue weighted by Gasteiger charge is -2.35. The molecule has 11 nitrogen and oxygen atoms in total. The number of aliphatic hydroxyl groups excluding tert-OH is 1. The lowest BCUT2D eigenvalue weighted by Crippen LogP contribution is -2.47. The first kappa shape index (κ1) is 34.7. The lowest BCUT2D eigenvalue weighted by atomic mass is 10.0. The van der Waals surface area contributed by atoms with Gasteiger partial charge in [0, 0.05) is 38.3 Å². The van der Waals surface area contributed by atoms with Crippen molar-refractivity contribution < 1.29 is 40.6 Å². The Bertz CT molecular complexity index is 1450. The summed E-state index contributed by atoms with van der Waals surface area (Å²) in [4.78, 5) is 15.4. The van der Waals surface area contributed by atoms with Crippen molar-refractivity contribution in [2.24, 2.45) is 5.92 Å². The number of likely N-dealkylation sites (N-methyl/N-ethyl adjacent to an activating group) is 1. The van der Waals surface area contributed by atoms with E-state index in [0.717, 1.165) is 36.9 Å². The van der Waals surface area contributed by atoms with Crippen molar-refractivity contribution in [2.45, 2.75) is 63.2 Å². The molecule has 2 aromatic carbocycles. The Kier molecular flexibility index (Phi) is 11.9. The van der Waals surface area contributed by atoms with E-state index in [2.05, 4.69) is 4.72 Å². The molecule has 2 aromatic rings. The minimum Gasteiger partial charge on any atom is -0.490 e. The number of nitrogens with one attached hydrogen (secondary N) is 1. The number of halogens is 1. The normalized spacial score (nSPS) is 21.9. The Labute approximate surface area is 254 Å². The largest absolute Gasteiger partial charge is 0.490 e. The van der Waals surface area contributed by atoms with E-state index in [-0.39, 0.29) is 53.6 Å². The molecule has 1 aliphatic rings. The minimum absolute atomic E-state index is 0.0843. The lowest BCUT2D eigenvalue weighted by molar-refractivity contribution is -0.00828. The molecule has 3 rings (SSSR count). The van der Waals surface area contributed by atoms with Crippen LogP contribution < -0.4 is 9.46 Å². The molecule has 0 aliphatic carbocycles. The number of ether oxygens (including phenoxy) is 2. The van der Waals surface area contributed by atoms with Gasteiger partial charge >= 0.3 is 0 Å². The van der Waals surface area contributed by atoms with Crippen LogP contribution in [-0.4, -0.2) is 94.9 Å². The fourth-order valence-electron chi connectivity index (χ4n) is 4.67. The number of nitrogens with zero attached hydrogens (tertiary/aromatic N) is 2. The maximum atomic E-state index is 14.1. The Hall–Kier alpha value is -2.78. The van der Waals surface area contributed by atoms with Gasteiger partial charge in [0.1, 0.15) is 11.6 Å². The highest BCUT2D eigenvalue weighted by Crippen LogP contribution is 2.29. The summed E-state index contributed by atoms with van der Waals surface area (Å²) in [5.41, 5.74) is 0.177. The Morgan fingerprint density at radius 3 is 2.42 bits per heavy atom. The molecule has 0 radical (unpaired) electrons. The number of amides is 1. The van der Waals surface area contributed by atoms with Crippen molar-refractivity contribution in [1.29, 1.82) is 0 Å². The zero-order chi connectivity index (χ0) is 31.9. The molecule has 240 valence electrons. The Morgan fingerprint density at radius 2 is 1.79 bits per heavy atom. The number of anilines is 1. The number of benzene rings is 2. The van der Waals surface area contributed by atoms with Gasteiger partial charge in [-0.05, 0) is 75.6 Å². The summed E-state index contributed by atoms with van der Waals surface area (Å²) >= 11 is 0. The maximum absolute atomic E-state index is 14.1. The molecule has 0 unspecified atom stereocenters. The van der Waals surface area contributed by atoms with Crippen LogP contribution in [0.1, 0.15) is 50.4 Å². The standard InChI is InChI=1S/C29H42FN3O8S2/c1-20-17-33(21(2)19-34)29(35)26-16-24(31-43(38,39)25-12-9-23(30)10-13-25)11-14-27(26)41-22(3)8-6-7-15-40-28(20)18-32(4)42(5,36)37/h9-14,16,20-22,28,31,34H,6-8,15,17-19H2,1-5H3/t20-,21+,22-,28+/m0/s1. The monoisotopic (exact) mass is 643 g/mol. The van der Waals surface area contributed by atoms with E-state index in [0.29, 0.717) is 19.4 Å². The first-order chi connectivity index (χ1) is 20.1. The number of hydrogen-bond donors (Lipinski definition) is 2. The number of rotatable bonds is 8. The average Bonchev–Trinajstić information content (AvgIpc) is 2.94. The third-order valence-electron chi connectivity index (χ3n) is 7.43. The van der Waals surface area contributed by atoms with Gasteiger partial charge in [0.2, 0.25) is 10.0 Å². The summed E-state index contributed by atoms with van der Waals surface area (Å²) in [7, 11) is -6.11. The number of hydrogen-bond acceptors (Lipinski definition) is 8. The SMILES string of the molecule is C[C@H](CO)N1C[C@H](C)[C@@H](CN(C)S(C)(=O)=O)OCCCC[C@H](C)Oc2ccc(NS(=O)(=O)c3ccc(F)cc3)cc2C1=O. The van der Waals surface area contributed by atoms with E-state index in [9.17, 15) is 31.1 Å². The third kappa shape index (κ3) is 9.60. The van der Waals surface area contributed by atoms with E-state index >= 15 is 0 Å². The number of aliphatic hydroxyl groups is 1. The van der Waals surface area contributed by atoms with Gasteiger partial charge in [0.05, 0.1) is 41.6 Å². The summed E-state index contributed by atoms with van der Waals surface area (Å²) < 4.78 is 79.6. The maximum Gasteiger partial charge on any atom is 0.261 e. The van der Waals surface area contributed by atoms with Crippen molar-refractivity contribution in [1.82, 2.24) is 9.21 Å². The van der Waals surface area contributed by atoms with Crippen molar-refractivity contribution in [3.8, 4) is 5.75 Å². The van der Waals surface area contributed by atoms with E-state index < -0.39 is 43.9 Å². The van der Waals surface area contributed by atoms with E-state index in [1.807, 2.05) is 13.8 Å². The fraction of sp³-hybridized carbons (Fsp3) is 0.552. The molecule has 43 heavy (non-hydrogen) atoms. The van der Waals surface area contributed by atoms with E-state index in [4.69, 9.17) is 9.47 Å². The molecular formula is C29H42FN3O8S2. The molecule has 0 aromatic heterocycles. The predicted molar refractivity (Wildman–Crippen MR) is 162 cm³/mol. The average molecular weight is 644 g/mol. The molecule has 0 bridgehead atoms. The smallest absolute Gasteiger partial charge is 0.261 e. The summed E-state index contributed by atoms with van der Waals surface area (Å²) in [6.45, 7) is 5.64. The molecule has 1 heterocycles. The van der Waals surface area contributed by atoms with Crippen molar-refractivity contribution in [2.75, 3.05) is 44.3 Å². The number of fused-ring (bicyclic) bond motifs is 1. The highest BCUT2D eigenvalue weighted by Gasteiger charge is 2.31. The van der Waals surface area contributed by atoms with Crippen LogP contribution in [0.3, 0.4) is 0 Å². The summed E-state index contributed by atoms with van der Waals surface area (Å²) in [6.07, 6.45) is 2.42. The number of carbonyl (C=O) groups is 1. The van der Waals surface area contributed by atoms with Gasteiger partial charge in [-0.15, -0.1) is 0 Å². The first-order valence-electron chi connectivity index (χ1n) is 14.2. The second kappa shape index (κ2) is 14.8. The molecule has 1 amide bonds. The Balaban J connectivity index is 2.02. The summed E-state index contributed by atoms with van der Waals surface area (Å²) in [5, 5.41) is 10.1. The molecule has 14 heteroatoms. The van der Waals surface area contributed by atoms with Crippen LogP contribution in [0.2, 0.25) is 0 Å². The second-order valence-electron chi connectivity index (χ2n) is 11.1. The highest BCUT2D eigenvalue weighted by molar-refractivity contribution is 7.92. The van der Waals surface area contributed by atoms with Crippen molar-refractivity contribution >= 4 is 31.6 Å². The number of sulfonamides is 2. The molecule has 2 N–H and O–H groups in total. The molecule has 0 fully saturated rings. The van der Waals surface area contributed by atoms with Gasteiger partial charge in [0.25, 0.3) is 15.9 Å². The quantitative estimate of drug-likeness (QED) is 0.446. The van der Waals surface area contributed by atoms with E-state index in [1.54, 1.807) is 6.92 Å². The van der Waals surface area contributed by atoms with Gasteiger partial charge in [-0.1, -0.05) is 6.92 Å². The van der Waals surface area contributed by atoms with Crippen LogP contribution in [0.4, 0.5) is 10.1 Å². The van der Waals surface area contributed by atoms with Crippen LogP contribution >= 0.6 is 0 Å². The molecule has 4 atom stereocenters. The summed E-state index contributed by atoms with van der Waals surface area (Å²) in [6, 6.07) is 8.10. The summed E-state index contributed by atoms with van der Waals surface area (Å²) in [5.74, 6) is -1.17. The zero-order valence-electron chi connectivity index (χ0n) is 25.2. The molecular weight excluding hydrogens is 601 g/mol. The number of carbonyl (C=O) groups excluding carboxylic acids is 1. The Morgan fingerprint density at radius 1 is 1.12 bits per heavy atom. The topological polar surface area (TPSA) is 143 Å². The predicted octanol–water partition coefficient (Wildman–Crippen LogP) is 3.31. The van der Waals surface area contributed by atoms with Crippen molar-refractivity contribution in [3.05, 3.63) is 53.8 Å². The minimum atomic E-state index is -4.10. The van der Waals surface area contributed by atoms with Crippen LogP contribution in [0, 0.1) is 11.7 Å². The molecule has 0 saturated carbocycles. The molecule has 1 aliphatic heterocycles. The van der Waals surface area contributed by atoms with Crippen LogP contribution in [0.25, 0.3) is 0 Å². The van der Waals surface area contributed by atoms with Gasteiger partial charge in [-0.25, -0.2) is 25.5 Å². The second-order valence-corrected chi connectivity index (χ2v) is 14.9. The van der Waals surface area contributed by atoms with Crippen LogP contribution in [-0.2, 0) is 24.8 Å². The highest BCUT2D eigenvalue weighted by atomic mass is 32.2. The van der Waals surface area contributed by atoms with Gasteiger partial charge in [0.15, 0.2) is 0 Å². The van der Waals surface area contributed by atoms with E-state index in [1.165, 1.54) is 34.5 Å². The van der Waals surface area contributed by atoms with Crippen LogP contribution in [0.5, 0.6) is 5.75 Å². The van der Waals surface area contributed by atoms with Gasteiger partial charge in [-0.2, -0.15) is 0 Å². The zero-order valence-corrected chi connectivity index (χ0v) is 26.8. The van der Waals surface area contributed by atoms with Gasteiger partial charge in [-0.3, -0.25) is 9.52 Å². The first-order valence-corrected chi connectivity index (χ1v) is 17.5. The molecule has 0 saturated heterocycles. The van der Waals surface area contributed by atoms with Crippen molar-refractivity contribution in [3.63, 3.8) is 0 Å². The van der Waals surface area contributed by atoms with Gasteiger partial charge < -0.3 is 19.5 Å². The van der Waals surface area contributed by atoms with Crippen LogP contribution in [0.15, 0.2) is 47.4 Å².